The first-order valence-corrected chi connectivity index (χ1v) is 10.8. The monoisotopic (exact) mass is 442 g/mol. The highest BCUT2D eigenvalue weighted by atomic mass is 16.5. The lowest BCUT2D eigenvalue weighted by atomic mass is 9.98. The van der Waals surface area contributed by atoms with Gasteiger partial charge in [0.2, 0.25) is 11.8 Å². The number of rotatable bonds is 7. The van der Waals surface area contributed by atoms with Crippen molar-refractivity contribution in [2.24, 2.45) is 0 Å². The van der Waals surface area contributed by atoms with Gasteiger partial charge in [0, 0.05) is 50.7 Å². The van der Waals surface area contributed by atoms with E-state index in [1.807, 2.05) is 42.6 Å². The van der Waals surface area contributed by atoms with Gasteiger partial charge in [0.1, 0.15) is 6.04 Å². The van der Waals surface area contributed by atoms with Gasteiger partial charge in [-0.15, -0.1) is 6.58 Å². The molecular weight excluding hydrogens is 416 g/mol. The van der Waals surface area contributed by atoms with Crippen molar-refractivity contribution < 1.29 is 14.3 Å². The van der Waals surface area contributed by atoms with Gasteiger partial charge < -0.3 is 14.5 Å². The fourth-order valence-electron chi connectivity index (χ4n) is 4.00. The Morgan fingerprint density at radius 1 is 1.12 bits per heavy atom. The molecule has 7 nitrogen and oxygen atoms in total. The molecule has 7 heteroatoms. The second kappa shape index (κ2) is 10.1. The molecule has 2 amide bonds. The fraction of sp³-hybridized carbons (Fsp3) is 0.231. The highest BCUT2D eigenvalue weighted by Gasteiger charge is 2.37. The molecule has 4 rings (SSSR count). The Kier molecular flexibility index (Phi) is 6.78. The molecule has 0 aliphatic carbocycles. The number of benzene rings is 1. The molecule has 1 fully saturated rings. The van der Waals surface area contributed by atoms with Gasteiger partial charge >= 0.3 is 0 Å². The summed E-state index contributed by atoms with van der Waals surface area (Å²) in [5.74, 6) is 0.143. The number of carbonyl (C=O) groups excluding carboxylic acids is 2. The topological polar surface area (TPSA) is 75.6 Å². The zero-order valence-corrected chi connectivity index (χ0v) is 18.6. The van der Waals surface area contributed by atoms with Crippen LogP contribution in [0.3, 0.4) is 0 Å². The summed E-state index contributed by atoms with van der Waals surface area (Å²) < 4.78 is 5.08. The quantitative estimate of drug-likeness (QED) is 0.525. The zero-order valence-electron chi connectivity index (χ0n) is 18.6. The molecule has 1 aliphatic rings. The van der Waals surface area contributed by atoms with E-state index in [0.29, 0.717) is 37.5 Å². The Labute approximate surface area is 193 Å². The molecule has 3 heterocycles. The van der Waals surface area contributed by atoms with Gasteiger partial charge in [-0.2, -0.15) is 0 Å². The predicted molar refractivity (Wildman–Crippen MR) is 126 cm³/mol. The summed E-state index contributed by atoms with van der Waals surface area (Å²) in [7, 11) is 1.52. The summed E-state index contributed by atoms with van der Waals surface area (Å²) in [4.78, 5) is 38.3. The number of pyridine rings is 2. The Bertz CT molecular complexity index is 1110. The van der Waals surface area contributed by atoms with Crippen LogP contribution in [0, 0.1) is 0 Å². The summed E-state index contributed by atoms with van der Waals surface area (Å²) in [6, 6.07) is 14.7. The number of amides is 2. The molecular formula is C26H26N4O3. The van der Waals surface area contributed by atoms with Crippen LogP contribution < -0.4 is 4.74 Å². The number of methoxy groups -OCH3 is 1. The minimum Gasteiger partial charge on any atom is -0.481 e. The first-order chi connectivity index (χ1) is 16.1. The maximum atomic E-state index is 13.3. The van der Waals surface area contributed by atoms with Gasteiger partial charge in [0.05, 0.1) is 12.7 Å². The number of aromatic nitrogens is 2. The molecule has 1 atom stereocenters. The van der Waals surface area contributed by atoms with E-state index in [-0.39, 0.29) is 11.8 Å². The molecule has 2 aromatic heterocycles. The Morgan fingerprint density at radius 2 is 1.94 bits per heavy atom. The highest BCUT2D eigenvalue weighted by Crippen LogP contribution is 2.23. The first kappa shape index (κ1) is 22.2. The van der Waals surface area contributed by atoms with E-state index in [1.165, 1.54) is 13.3 Å². The van der Waals surface area contributed by atoms with Crippen LogP contribution in [0.5, 0.6) is 5.88 Å². The minimum atomic E-state index is -0.599. The van der Waals surface area contributed by atoms with Gasteiger partial charge in [-0.1, -0.05) is 36.4 Å². The molecule has 33 heavy (non-hydrogen) atoms. The van der Waals surface area contributed by atoms with Crippen molar-refractivity contribution in [3.05, 3.63) is 90.9 Å². The molecule has 0 saturated carbocycles. The standard InChI is InChI=1S/C26H26N4O3/c1-3-13-29-14-15-30(25(31)22-10-11-24(33-2)28-18-22)23(26(29)32)16-19-6-8-20(9-7-19)21-5-4-12-27-17-21/h3-12,17-18,23H,1,13-16H2,2H3/t23-/m1/s1. The SMILES string of the molecule is C=CCN1CCN(C(=O)c2ccc(OC)nc2)[C@H](Cc2ccc(-c3cccnc3)cc2)C1=O. The van der Waals surface area contributed by atoms with Crippen molar-refractivity contribution >= 4 is 11.8 Å². The van der Waals surface area contributed by atoms with E-state index in [4.69, 9.17) is 4.74 Å². The molecule has 0 radical (unpaired) electrons. The number of hydrogen-bond acceptors (Lipinski definition) is 5. The normalized spacial score (nSPS) is 15.9. The van der Waals surface area contributed by atoms with Crippen molar-refractivity contribution in [1.29, 1.82) is 0 Å². The van der Waals surface area contributed by atoms with Crippen LogP contribution in [-0.2, 0) is 11.2 Å². The molecule has 168 valence electrons. The smallest absolute Gasteiger partial charge is 0.256 e. The number of carbonyl (C=O) groups is 2. The summed E-state index contributed by atoms with van der Waals surface area (Å²) in [6.45, 7) is 5.13. The van der Waals surface area contributed by atoms with E-state index in [0.717, 1.165) is 16.7 Å². The lowest BCUT2D eigenvalue weighted by Crippen LogP contribution is -2.59. The Hall–Kier alpha value is -4.00. The van der Waals surface area contributed by atoms with Crippen molar-refractivity contribution in [3.8, 4) is 17.0 Å². The van der Waals surface area contributed by atoms with Crippen LogP contribution in [0.4, 0.5) is 0 Å². The third-order valence-corrected chi connectivity index (χ3v) is 5.76. The third-order valence-electron chi connectivity index (χ3n) is 5.76. The van der Waals surface area contributed by atoms with Crippen molar-refractivity contribution in [1.82, 2.24) is 19.8 Å². The minimum absolute atomic E-state index is 0.0766. The second-order valence-corrected chi connectivity index (χ2v) is 7.82. The van der Waals surface area contributed by atoms with Crippen molar-refractivity contribution in [2.75, 3.05) is 26.7 Å². The first-order valence-electron chi connectivity index (χ1n) is 10.8. The Morgan fingerprint density at radius 3 is 2.58 bits per heavy atom. The van der Waals surface area contributed by atoms with Crippen LogP contribution in [0.2, 0.25) is 0 Å². The number of hydrogen-bond donors (Lipinski definition) is 0. The molecule has 1 aromatic carbocycles. The van der Waals surface area contributed by atoms with Crippen LogP contribution in [0.1, 0.15) is 15.9 Å². The summed E-state index contributed by atoms with van der Waals surface area (Å²) in [5.41, 5.74) is 3.48. The van der Waals surface area contributed by atoms with Crippen LogP contribution in [0.15, 0.2) is 79.8 Å². The summed E-state index contributed by atoms with van der Waals surface area (Å²) in [6.07, 6.45) is 7.18. The van der Waals surface area contributed by atoms with Gasteiger partial charge in [-0.3, -0.25) is 14.6 Å². The van der Waals surface area contributed by atoms with Gasteiger partial charge in [-0.05, 0) is 28.8 Å². The Balaban J connectivity index is 1.58. The molecule has 0 spiro atoms. The van der Waals surface area contributed by atoms with Gasteiger partial charge in [-0.25, -0.2) is 4.98 Å². The highest BCUT2D eigenvalue weighted by molar-refractivity contribution is 5.98. The van der Waals surface area contributed by atoms with E-state index in [2.05, 4.69) is 16.5 Å². The summed E-state index contributed by atoms with van der Waals surface area (Å²) in [5, 5.41) is 0. The average molecular weight is 443 g/mol. The van der Waals surface area contributed by atoms with E-state index < -0.39 is 6.04 Å². The van der Waals surface area contributed by atoms with Crippen molar-refractivity contribution in [3.63, 3.8) is 0 Å². The lowest BCUT2D eigenvalue weighted by molar-refractivity contribution is -0.139. The largest absolute Gasteiger partial charge is 0.481 e. The maximum Gasteiger partial charge on any atom is 0.256 e. The van der Waals surface area contributed by atoms with Crippen LogP contribution in [0.25, 0.3) is 11.1 Å². The third kappa shape index (κ3) is 4.92. The molecule has 3 aromatic rings. The summed E-state index contributed by atoms with van der Waals surface area (Å²) >= 11 is 0. The zero-order chi connectivity index (χ0) is 23.2. The van der Waals surface area contributed by atoms with Gasteiger partial charge in [0.15, 0.2) is 0 Å². The number of ether oxygens (including phenoxy) is 1. The number of piperazine rings is 1. The van der Waals surface area contributed by atoms with E-state index in [9.17, 15) is 9.59 Å². The second-order valence-electron chi connectivity index (χ2n) is 7.82. The van der Waals surface area contributed by atoms with E-state index in [1.54, 1.807) is 34.2 Å². The van der Waals surface area contributed by atoms with Gasteiger partial charge in [0.25, 0.3) is 5.91 Å². The maximum absolute atomic E-state index is 13.3. The predicted octanol–water partition coefficient (Wildman–Crippen LogP) is 3.23. The lowest BCUT2D eigenvalue weighted by Gasteiger charge is -2.40. The molecule has 0 unspecified atom stereocenters. The van der Waals surface area contributed by atoms with Crippen molar-refractivity contribution in [2.45, 2.75) is 12.5 Å². The molecule has 1 aliphatic heterocycles. The molecule has 1 saturated heterocycles. The number of nitrogens with zero attached hydrogens (tertiary/aromatic N) is 4. The van der Waals surface area contributed by atoms with Crippen LogP contribution >= 0.6 is 0 Å². The molecule has 0 N–H and O–H groups in total. The fourth-order valence-corrected chi connectivity index (χ4v) is 4.00. The van der Waals surface area contributed by atoms with Crippen LogP contribution in [-0.4, -0.2) is 64.4 Å². The average Bonchev–Trinajstić information content (AvgIpc) is 2.87. The molecule has 0 bridgehead atoms. The van der Waals surface area contributed by atoms with E-state index >= 15 is 0 Å².